The van der Waals surface area contributed by atoms with Gasteiger partial charge in [0.2, 0.25) is 5.91 Å². The smallest absolute Gasteiger partial charge is 0.416 e. The molecule has 0 fully saturated rings. The first-order valence-corrected chi connectivity index (χ1v) is 12.5. The van der Waals surface area contributed by atoms with Crippen LogP contribution in [0.3, 0.4) is 0 Å². The summed E-state index contributed by atoms with van der Waals surface area (Å²) in [6.07, 6.45) is -1.01. The number of aromatic nitrogens is 1. The number of thiophene rings is 1. The van der Waals surface area contributed by atoms with Crippen LogP contribution >= 0.6 is 27.3 Å². The van der Waals surface area contributed by atoms with Crippen molar-refractivity contribution < 1.29 is 22.7 Å². The predicted octanol–water partition coefficient (Wildman–Crippen LogP) is 7.21. The van der Waals surface area contributed by atoms with E-state index in [4.69, 9.17) is 4.74 Å². The van der Waals surface area contributed by atoms with E-state index in [9.17, 15) is 18.0 Å². The first-order valence-electron chi connectivity index (χ1n) is 10.8. The van der Waals surface area contributed by atoms with E-state index in [1.54, 1.807) is 29.4 Å². The molecular formula is C26H20BrF3N2O2S. The Balaban J connectivity index is 1.51. The molecule has 1 amide bonds. The molecule has 2 aromatic heterocycles. The quantitative estimate of drug-likeness (QED) is 0.268. The summed E-state index contributed by atoms with van der Waals surface area (Å²) in [7, 11) is 1.63. The third kappa shape index (κ3) is 4.62. The summed E-state index contributed by atoms with van der Waals surface area (Å²) < 4.78 is 45.5. The molecule has 4 nitrogen and oxygen atoms in total. The molecule has 0 spiro atoms. The molecule has 180 valence electrons. The number of benzene rings is 2. The molecule has 0 radical (unpaired) electrons. The largest absolute Gasteiger partial charge is 0.497 e. The zero-order valence-electron chi connectivity index (χ0n) is 18.5. The van der Waals surface area contributed by atoms with Crippen LogP contribution in [-0.2, 0) is 17.4 Å². The molecule has 4 aromatic rings. The number of alkyl halides is 3. The Labute approximate surface area is 212 Å². The fourth-order valence-corrected chi connectivity index (χ4v) is 6.05. The second-order valence-corrected chi connectivity index (χ2v) is 10.1. The van der Waals surface area contributed by atoms with Gasteiger partial charge < -0.3 is 14.6 Å². The van der Waals surface area contributed by atoms with E-state index in [1.807, 2.05) is 29.6 Å². The van der Waals surface area contributed by atoms with Crippen LogP contribution in [0.5, 0.6) is 5.75 Å². The molecule has 5 rings (SSSR count). The number of H-pyrrole nitrogens is 1. The predicted molar refractivity (Wildman–Crippen MR) is 135 cm³/mol. The lowest BCUT2D eigenvalue weighted by Gasteiger charge is -2.34. The Bertz CT molecular complexity index is 1440. The van der Waals surface area contributed by atoms with Crippen LogP contribution in [0, 0.1) is 0 Å². The molecule has 0 bridgehead atoms. The molecule has 0 saturated heterocycles. The van der Waals surface area contributed by atoms with Crippen molar-refractivity contribution >= 4 is 50.2 Å². The average molecular weight is 561 g/mol. The van der Waals surface area contributed by atoms with E-state index in [1.165, 1.54) is 18.2 Å². The highest BCUT2D eigenvalue weighted by Gasteiger charge is 2.35. The van der Waals surface area contributed by atoms with Gasteiger partial charge in [0.05, 0.1) is 12.7 Å². The van der Waals surface area contributed by atoms with Gasteiger partial charge in [0.1, 0.15) is 11.8 Å². The van der Waals surface area contributed by atoms with Crippen LogP contribution < -0.4 is 4.74 Å². The molecule has 0 aliphatic carbocycles. The van der Waals surface area contributed by atoms with Gasteiger partial charge >= 0.3 is 6.18 Å². The normalized spacial score (nSPS) is 16.1. The lowest BCUT2D eigenvalue weighted by Crippen LogP contribution is -2.39. The van der Waals surface area contributed by atoms with Crippen LogP contribution in [-0.4, -0.2) is 29.4 Å². The van der Waals surface area contributed by atoms with Gasteiger partial charge in [-0.1, -0.05) is 12.1 Å². The summed E-state index contributed by atoms with van der Waals surface area (Å²) in [5.41, 5.74) is 2.61. The van der Waals surface area contributed by atoms with Crippen LogP contribution in [0.25, 0.3) is 17.0 Å². The third-order valence-electron chi connectivity index (χ3n) is 6.11. The van der Waals surface area contributed by atoms with E-state index < -0.39 is 11.7 Å². The number of hydrogen-bond acceptors (Lipinski definition) is 3. The van der Waals surface area contributed by atoms with Gasteiger partial charge in [0.15, 0.2) is 0 Å². The van der Waals surface area contributed by atoms with Gasteiger partial charge in [0.25, 0.3) is 0 Å². The Morgan fingerprint density at radius 3 is 2.77 bits per heavy atom. The summed E-state index contributed by atoms with van der Waals surface area (Å²) in [5.74, 6) is 0.496. The standard InChI is InChI=1S/C26H20BrF3N2O2S/c1-34-18-6-7-21-20(13-18)19-9-10-32(25(24(19)31-21)22-12-17(27)14-35-22)23(33)8-5-15-3-2-4-16(11-15)26(28,29)30/h2-8,11-14,25,31H,9-10H2,1H3/b8-5+. The maximum atomic E-state index is 13.3. The van der Waals surface area contributed by atoms with Crippen molar-refractivity contribution in [3.63, 3.8) is 0 Å². The number of nitrogens with one attached hydrogen (secondary N) is 1. The summed E-state index contributed by atoms with van der Waals surface area (Å²) >= 11 is 5.05. The molecule has 1 unspecified atom stereocenters. The van der Waals surface area contributed by atoms with Crippen molar-refractivity contribution in [2.45, 2.75) is 18.6 Å². The maximum Gasteiger partial charge on any atom is 0.416 e. The second kappa shape index (κ2) is 9.20. The van der Waals surface area contributed by atoms with Crippen molar-refractivity contribution in [2.24, 2.45) is 0 Å². The summed E-state index contributed by atoms with van der Waals surface area (Å²) in [4.78, 5) is 19.6. The van der Waals surface area contributed by atoms with Crippen LogP contribution in [0.15, 0.2) is 64.5 Å². The van der Waals surface area contributed by atoms with E-state index in [-0.39, 0.29) is 11.9 Å². The molecule has 9 heteroatoms. The molecule has 2 aromatic carbocycles. The first kappa shape index (κ1) is 23.7. The monoisotopic (exact) mass is 560 g/mol. The van der Waals surface area contributed by atoms with Gasteiger partial charge in [-0.05, 0) is 76.0 Å². The van der Waals surface area contributed by atoms with Gasteiger partial charge in [-0.25, -0.2) is 0 Å². The van der Waals surface area contributed by atoms with Crippen molar-refractivity contribution in [3.05, 3.63) is 91.7 Å². The number of ether oxygens (including phenoxy) is 1. The maximum absolute atomic E-state index is 13.3. The first-order chi connectivity index (χ1) is 16.7. The summed E-state index contributed by atoms with van der Waals surface area (Å²) in [5, 5.41) is 3.03. The number of halogens is 4. The Kier molecular flexibility index (Phi) is 6.23. The SMILES string of the molecule is COc1ccc2[nH]c3c(c2c1)CCN(C(=O)/C=C/c1cccc(C(F)(F)F)c1)C3c1cc(Br)cs1. The van der Waals surface area contributed by atoms with Crippen molar-refractivity contribution in [2.75, 3.05) is 13.7 Å². The van der Waals surface area contributed by atoms with Gasteiger partial charge in [-0.2, -0.15) is 13.2 Å². The summed E-state index contributed by atoms with van der Waals surface area (Å²) in [6, 6.07) is 12.4. The number of amides is 1. The third-order valence-corrected chi connectivity index (χ3v) is 7.85. The fourth-order valence-electron chi connectivity index (χ4n) is 4.48. The Hall–Kier alpha value is -3.04. The van der Waals surface area contributed by atoms with E-state index in [0.717, 1.165) is 49.4 Å². The molecule has 3 heterocycles. The highest BCUT2D eigenvalue weighted by atomic mass is 79.9. The van der Waals surface area contributed by atoms with E-state index in [2.05, 4.69) is 20.9 Å². The molecule has 1 aliphatic rings. The minimum absolute atomic E-state index is 0.265. The second-order valence-electron chi connectivity index (χ2n) is 8.24. The number of aromatic amines is 1. The highest BCUT2D eigenvalue weighted by molar-refractivity contribution is 9.10. The zero-order valence-corrected chi connectivity index (χ0v) is 20.9. The van der Waals surface area contributed by atoms with E-state index in [0.29, 0.717) is 18.5 Å². The lowest BCUT2D eigenvalue weighted by atomic mass is 9.96. The topological polar surface area (TPSA) is 45.3 Å². The number of nitrogens with zero attached hydrogens (tertiary/aromatic N) is 1. The van der Waals surface area contributed by atoms with Crippen molar-refractivity contribution in [1.29, 1.82) is 0 Å². The number of fused-ring (bicyclic) bond motifs is 3. The summed E-state index contributed by atoms with van der Waals surface area (Å²) in [6.45, 7) is 0.475. The van der Waals surface area contributed by atoms with Gasteiger partial charge in [-0.3, -0.25) is 4.79 Å². The van der Waals surface area contributed by atoms with Crippen molar-refractivity contribution in [1.82, 2.24) is 9.88 Å². The number of carbonyl (C=O) groups is 1. The van der Waals surface area contributed by atoms with Crippen LogP contribution in [0.1, 0.15) is 33.3 Å². The lowest BCUT2D eigenvalue weighted by molar-refractivity contribution is -0.137. The Morgan fingerprint density at radius 2 is 2.06 bits per heavy atom. The fraction of sp³-hybridized carbons (Fsp3) is 0.192. The van der Waals surface area contributed by atoms with Crippen LogP contribution in [0.4, 0.5) is 13.2 Å². The van der Waals surface area contributed by atoms with Gasteiger partial charge in [-0.15, -0.1) is 11.3 Å². The molecule has 1 aliphatic heterocycles. The number of methoxy groups -OCH3 is 1. The molecular weight excluding hydrogens is 541 g/mol. The number of carbonyl (C=O) groups excluding carboxylic acids is 1. The van der Waals surface area contributed by atoms with Crippen molar-refractivity contribution in [3.8, 4) is 5.75 Å². The van der Waals surface area contributed by atoms with E-state index >= 15 is 0 Å². The molecule has 1 atom stereocenters. The van der Waals surface area contributed by atoms with Crippen LogP contribution in [0.2, 0.25) is 0 Å². The number of rotatable bonds is 4. The number of hydrogen-bond donors (Lipinski definition) is 1. The minimum atomic E-state index is -4.44. The van der Waals surface area contributed by atoms with Gasteiger partial charge in [0, 0.05) is 43.9 Å². The molecule has 35 heavy (non-hydrogen) atoms. The molecule has 1 N–H and O–H groups in total. The minimum Gasteiger partial charge on any atom is -0.497 e. The average Bonchev–Trinajstić information content (AvgIpc) is 3.44. The zero-order chi connectivity index (χ0) is 24.7. The molecule has 0 saturated carbocycles. The Morgan fingerprint density at radius 1 is 1.23 bits per heavy atom. The highest BCUT2D eigenvalue weighted by Crippen LogP contribution is 2.42.